The molecule has 0 radical (unpaired) electrons. The van der Waals surface area contributed by atoms with E-state index >= 15 is 0 Å². The average Bonchev–Trinajstić information content (AvgIpc) is 2.90. The van der Waals surface area contributed by atoms with Gasteiger partial charge in [0.1, 0.15) is 23.9 Å². The molecule has 0 atom stereocenters. The van der Waals surface area contributed by atoms with Gasteiger partial charge in [-0.1, -0.05) is 18.2 Å². The number of amides is 2. The van der Waals surface area contributed by atoms with Gasteiger partial charge in [-0.2, -0.15) is 5.26 Å². The molecule has 3 rings (SSSR count). The third-order valence-corrected chi connectivity index (χ3v) is 5.67. The molecule has 1 aliphatic heterocycles. The molecule has 1 aliphatic rings. The molecule has 1 saturated heterocycles. The second-order valence-corrected chi connectivity index (χ2v) is 10.1. The van der Waals surface area contributed by atoms with Crippen molar-refractivity contribution >= 4 is 40.5 Å². The second kappa shape index (κ2) is 18.9. The summed E-state index contributed by atoms with van der Waals surface area (Å²) in [6.07, 6.45) is 4.63. The van der Waals surface area contributed by atoms with Crippen molar-refractivity contribution in [1.29, 1.82) is 5.26 Å². The van der Waals surface area contributed by atoms with Crippen LogP contribution in [0.3, 0.4) is 0 Å². The molecule has 2 aromatic rings. The minimum Gasteiger partial charge on any atom is -0.486 e. The van der Waals surface area contributed by atoms with Crippen LogP contribution in [0.25, 0.3) is 16.8 Å². The first-order valence-corrected chi connectivity index (χ1v) is 13.2. The van der Waals surface area contributed by atoms with E-state index in [1.807, 2.05) is 24.3 Å². The SMILES string of the molecule is CC(C)(C)OC(N)=O.[CH2-]C(=O)OCCOCCNC(=O)/C(C#N)=C/c1ccc2cc(N3CCCCC3)ccc2c1.[Rb+]. The molecule has 0 saturated carbocycles. The van der Waals surface area contributed by atoms with Crippen molar-refractivity contribution in [1.82, 2.24) is 5.32 Å². The first-order chi connectivity index (χ1) is 19.0. The Hall–Kier alpha value is -2.42. The van der Waals surface area contributed by atoms with Crippen LogP contribution in [0.2, 0.25) is 0 Å². The summed E-state index contributed by atoms with van der Waals surface area (Å²) in [5, 5.41) is 14.3. The monoisotopic (exact) mass is 636 g/mol. The van der Waals surface area contributed by atoms with Crippen LogP contribution in [0.15, 0.2) is 42.0 Å². The van der Waals surface area contributed by atoms with E-state index in [2.05, 4.69) is 44.8 Å². The topological polar surface area (TPSA) is 144 Å². The van der Waals surface area contributed by atoms with Gasteiger partial charge in [0.2, 0.25) is 0 Å². The third kappa shape index (κ3) is 14.9. The minimum absolute atomic E-state index is 0. The molecule has 1 fully saturated rings. The van der Waals surface area contributed by atoms with Gasteiger partial charge in [0.05, 0.1) is 13.2 Å². The Kier molecular flexibility index (Phi) is 16.9. The summed E-state index contributed by atoms with van der Waals surface area (Å²) in [6.45, 7) is 11.4. The number of fused-ring (bicyclic) bond motifs is 1. The largest absolute Gasteiger partial charge is 1.00 e. The van der Waals surface area contributed by atoms with Gasteiger partial charge in [-0.3, -0.25) is 16.5 Å². The summed E-state index contributed by atoms with van der Waals surface area (Å²) < 4.78 is 14.5. The van der Waals surface area contributed by atoms with Gasteiger partial charge in [-0.05, 0) is 80.6 Å². The van der Waals surface area contributed by atoms with Crippen molar-refractivity contribution < 1.29 is 86.8 Å². The Morgan fingerprint density at radius 2 is 1.71 bits per heavy atom. The van der Waals surface area contributed by atoms with E-state index in [4.69, 9.17) is 10.5 Å². The molecule has 3 N–H and O–H groups in total. The van der Waals surface area contributed by atoms with Gasteiger partial charge in [0.25, 0.3) is 5.91 Å². The molecule has 0 aromatic heterocycles. The number of ether oxygens (including phenoxy) is 3. The van der Waals surface area contributed by atoms with E-state index in [1.54, 1.807) is 26.8 Å². The first kappa shape index (κ1) is 36.6. The summed E-state index contributed by atoms with van der Waals surface area (Å²) in [6, 6.07) is 14.3. The van der Waals surface area contributed by atoms with E-state index < -0.39 is 23.6 Å². The van der Waals surface area contributed by atoms with E-state index in [-0.39, 0.29) is 90.1 Å². The Bertz CT molecular complexity index is 1230. The van der Waals surface area contributed by atoms with Crippen molar-refractivity contribution in [3.8, 4) is 6.07 Å². The Labute approximate surface area is 291 Å². The maximum atomic E-state index is 12.3. The normalized spacial score (nSPS) is 13.1. The molecule has 10 nitrogen and oxygen atoms in total. The fraction of sp³-hybridized carbons (Fsp3) is 0.433. The van der Waals surface area contributed by atoms with E-state index in [1.165, 1.54) is 24.9 Å². The van der Waals surface area contributed by atoms with Crippen molar-refractivity contribution in [2.75, 3.05) is 44.4 Å². The van der Waals surface area contributed by atoms with E-state index in [0.29, 0.717) is 0 Å². The standard InChI is InChI=1S/C25H28N3O4.C5H11NO2.Rb/c1-19(29)32-14-13-31-12-9-27-25(30)23(18-26)16-20-5-6-22-17-24(8-7-21(22)15-20)28-10-3-2-4-11-28;1-5(2,3)8-4(6)7;/h5-8,15-17H,1-4,9-14H2,(H,27,30);1-3H3,(H2,6,7);/q-1;;+1/b23-16+;;. The summed E-state index contributed by atoms with van der Waals surface area (Å²) >= 11 is 0. The minimum atomic E-state index is -0.725. The maximum Gasteiger partial charge on any atom is 1.00 e. The number of carbonyl (C=O) groups is 3. The quantitative estimate of drug-likeness (QED) is 0.137. The van der Waals surface area contributed by atoms with Crippen LogP contribution in [-0.4, -0.2) is 63.0 Å². The van der Waals surface area contributed by atoms with Crippen LogP contribution in [0.5, 0.6) is 0 Å². The van der Waals surface area contributed by atoms with E-state index in [0.717, 1.165) is 29.4 Å². The van der Waals surface area contributed by atoms with Crippen molar-refractivity contribution in [2.24, 2.45) is 5.73 Å². The number of piperidine rings is 1. The molecule has 216 valence electrons. The molecule has 2 aromatic carbocycles. The first-order valence-electron chi connectivity index (χ1n) is 13.2. The molecule has 2 amide bonds. The molecule has 0 unspecified atom stereocenters. The number of nitrogens with one attached hydrogen (secondary N) is 1. The fourth-order valence-electron chi connectivity index (χ4n) is 3.96. The number of primary amides is 1. The number of anilines is 1. The molecule has 0 aliphatic carbocycles. The van der Waals surface area contributed by atoms with Crippen LogP contribution < -0.4 is 74.1 Å². The summed E-state index contributed by atoms with van der Waals surface area (Å²) in [4.78, 5) is 35.3. The number of carbonyl (C=O) groups excluding carboxylic acids is 3. The molecule has 0 bridgehead atoms. The zero-order chi connectivity index (χ0) is 29.5. The van der Waals surface area contributed by atoms with Crippen LogP contribution in [0.4, 0.5) is 10.5 Å². The Balaban J connectivity index is 0.000000818. The summed E-state index contributed by atoms with van der Waals surface area (Å²) in [5.41, 5.74) is 6.33. The average molecular weight is 637 g/mol. The summed E-state index contributed by atoms with van der Waals surface area (Å²) in [7, 11) is 0. The van der Waals surface area contributed by atoms with Gasteiger partial charge in [-0.25, -0.2) is 4.79 Å². The number of benzene rings is 2. The van der Waals surface area contributed by atoms with Crippen LogP contribution >= 0.6 is 0 Å². The number of rotatable bonds is 9. The van der Waals surface area contributed by atoms with Gasteiger partial charge >= 0.3 is 64.3 Å². The van der Waals surface area contributed by atoms with Crippen molar-refractivity contribution in [3.63, 3.8) is 0 Å². The number of hydrogen-bond donors (Lipinski definition) is 2. The third-order valence-electron chi connectivity index (χ3n) is 5.67. The number of nitrogens with two attached hydrogens (primary N) is 1. The van der Waals surface area contributed by atoms with Crippen molar-refractivity contribution in [3.05, 3.63) is 54.5 Å². The smallest absolute Gasteiger partial charge is 0.486 e. The van der Waals surface area contributed by atoms with Crippen LogP contribution in [0, 0.1) is 18.3 Å². The molecular formula is C30H39N4O6Rb. The predicted octanol–water partition coefficient (Wildman–Crippen LogP) is 1.13. The molecule has 41 heavy (non-hydrogen) atoms. The second-order valence-electron chi connectivity index (χ2n) is 10.1. The molecule has 1 heterocycles. The number of nitriles is 1. The zero-order valence-corrected chi connectivity index (χ0v) is 29.4. The summed E-state index contributed by atoms with van der Waals surface area (Å²) in [5.74, 6) is -1.07. The van der Waals surface area contributed by atoms with Gasteiger partial charge in [0, 0.05) is 25.3 Å². The zero-order valence-electron chi connectivity index (χ0n) is 24.5. The van der Waals surface area contributed by atoms with Crippen molar-refractivity contribution in [2.45, 2.75) is 45.6 Å². The van der Waals surface area contributed by atoms with Crippen LogP contribution in [-0.2, 0) is 23.8 Å². The number of nitrogens with zero attached hydrogens (tertiary/aromatic N) is 2. The van der Waals surface area contributed by atoms with E-state index in [9.17, 15) is 19.6 Å². The fourth-order valence-corrected chi connectivity index (χ4v) is 3.96. The Morgan fingerprint density at radius 1 is 1.05 bits per heavy atom. The van der Waals surface area contributed by atoms with Gasteiger partial charge in [-0.15, -0.1) is 0 Å². The Morgan fingerprint density at radius 3 is 2.29 bits per heavy atom. The maximum absolute atomic E-state index is 12.3. The molecule has 11 heteroatoms. The molecular weight excluding hydrogens is 598 g/mol. The predicted molar refractivity (Wildman–Crippen MR) is 154 cm³/mol. The number of hydrogen-bond acceptors (Lipinski definition) is 8. The van der Waals surface area contributed by atoms with Crippen LogP contribution in [0.1, 0.15) is 45.6 Å². The van der Waals surface area contributed by atoms with Gasteiger partial charge in [0.15, 0.2) is 5.97 Å². The molecule has 0 spiro atoms. The number of esters is 1. The van der Waals surface area contributed by atoms with Gasteiger partial charge < -0.3 is 30.2 Å².